The molecular formula is C25H19Cl3N4O3S. The van der Waals surface area contributed by atoms with Gasteiger partial charge in [0.1, 0.15) is 16.0 Å². The number of benzene rings is 3. The van der Waals surface area contributed by atoms with Crippen molar-refractivity contribution in [2.24, 2.45) is 10.7 Å². The number of carbonyl (C=O) groups excluding carboxylic acids is 2. The summed E-state index contributed by atoms with van der Waals surface area (Å²) in [6.07, 6.45) is 0. The lowest BCUT2D eigenvalue weighted by molar-refractivity contribution is -0.115. The number of ether oxygens (including phenoxy) is 1. The van der Waals surface area contributed by atoms with Gasteiger partial charge in [0.2, 0.25) is 5.91 Å². The van der Waals surface area contributed by atoms with E-state index in [4.69, 9.17) is 45.3 Å². The SMILES string of the molecule is COc1cccc(NC(=O)C2=C(N)[C@H](C(=O)Nc3cc(Cl)ccc3Cl)SC2=Nc2ccc(Cl)cc2)c1. The fourth-order valence-corrected chi connectivity index (χ4v) is 4.90. The number of rotatable bonds is 6. The summed E-state index contributed by atoms with van der Waals surface area (Å²) < 4.78 is 5.22. The molecule has 1 heterocycles. The molecule has 3 aromatic rings. The minimum absolute atomic E-state index is 0.0590. The van der Waals surface area contributed by atoms with Crippen LogP contribution in [0.3, 0.4) is 0 Å². The van der Waals surface area contributed by atoms with E-state index in [1.165, 1.54) is 13.2 Å². The van der Waals surface area contributed by atoms with Gasteiger partial charge in [0, 0.05) is 27.5 Å². The zero-order valence-electron chi connectivity index (χ0n) is 18.7. The van der Waals surface area contributed by atoms with Crippen LogP contribution in [0.25, 0.3) is 0 Å². The van der Waals surface area contributed by atoms with E-state index in [0.717, 1.165) is 11.8 Å². The lowest BCUT2D eigenvalue weighted by atomic mass is 10.1. The summed E-state index contributed by atoms with van der Waals surface area (Å²) in [5.41, 5.74) is 7.89. The fraction of sp³-hybridized carbons (Fsp3) is 0.0800. The van der Waals surface area contributed by atoms with Crippen LogP contribution >= 0.6 is 46.6 Å². The van der Waals surface area contributed by atoms with Crippen molar-refractivity contribution in [1.82, 2.24) is 0 Å². The molecule has 0 spiro atoms. The van der Waals surface area contributed by atoms with E-state index in [-0.39, 0.29) is 16.3 Å². The Bertz CT molecular complexity index is 1390. The van der Waals surface area contributed by atoms with Crippen LogP contribution in [0, 0.1) is 0 Å². The summed E-state index contributed by atoms with van der Waals surface area (Å²) in [4.78, 5) is 31.1. The van der Waals surface area contributed by atoms with Gasteiger partial charge in [-0.1, -0.05) is 52.6 Å². The minimum atomic E-state index is -0.933. The highest BCUT2D eigenvalue weighted by Gasteiger charge is 2.38. The summed E-state index contributed by atoms with van der Waals surface area (Å²) in [6.45, 7) is 0. The van der Waals surface area contributed by atoms with Gasteiger partial charge in [-0.2, -0.15) is 0 Å². The molecular weight excluding hydrogens is 543 g/mol. The molecule has 3 aromatic carbocycles. The van der Waals surface area contributed by atoms with Gasteiger partial charge in [0.15, 0.2) is 0 Å². The average Bonchev–Trinajstić information content (AvgIpc) is 3.18. The third kappa shape index (κ3) is 5.96. The molecule has 0 aromatic heterocycles. The summed E-state index contributed by atoms with van der Waals surface area (Å²) in [7, 11) is 1.53. The Kier molecular flexibility index (Phi) is 8.11. The summed E-state index contributed by atoms with van der Waals surface area (Å²) in [5.74, 6) is -0.423. The van der Waals surface area contributed by atoms with Crippen molar-refractivity contribution < 1.29 is 14.3 Å². The van der Waals surface area contributed by atoms with Crippen LogP contribution < -0.4 is 21.1 Å². The van der Waals surface area contributed by atoms with Crippen LogP contribution in [0.2, 0.25) is 15.1 Å². The molecule has 2 amide bonds. The molecule has 0 saturated carbocycles. The molecule has 0 bridgehead atoms. The third-order valence-electron chi connectivity index (χ3n) is 5.05. The van der Waals surface area contributed by atoms with Gasteiger partial charge < -0.3 is 21.1 Å². The predicted molar refractivity (Wildman–Crippen MR) is 148 cm³/mol. The van der Waals surface area contributed by atoms with Crippen molar-refractivity contribution in [3.8, 4) is 5.75 Å². The second kappa shape index (κ2) is 11.3. The second-order valence-electron chi connectivity index (χ2n) is 7.52. The van der Waals surface area contributed by atoms with Gasteiger partial charge in [-0.25, -0.2) is 4.99 Å². The summed E-state index contributed by atoms with van der Waals surface area (Å²) >= 11 is 19.3. The highest BCUT2D eigenvalue weighted by molar-refractivity contribution is 8.16. The number of amides is 2. The van der Waals surface area contributed by atoms with Crippen molar-refractivity contribution in [3.63, 3.8) is 0 Å². The van der Waals surface area contributed by atoms with Crippen molar-refractivity contribution in [3.05, 3.63) is 93.1 Å². The van der Waals surface area contributed by atoms with E-state index in [1.54, 1.807) is 60.7 Å². The Morgan fingerprint density at radius 2 is 1.69 bits per heavy atom. The average molecular weight is 562 g/mol. The van der Waals surface area contributed by atoms with E-state index in [9.17, 15) is 9.59 Å². The maximum atomic E-state index is 13.3. The molecule has 36 heavy (non-hydrogen) atoms. The number of methoxy groups -OCH3 is 1. The predicted octanol–water partition coefficient (Wildman–Crippen LogP) is 6.29. The van der Waals surface area contributed by atoms with Gasteiger partial charge >= 0.3 is 0 Å². The molecule has 1 atom stereocenters. The molecule has 184 valence electrons. The van der Waals surface area contributed by atoms with E-state index in [1.807, 2.05) is 0 Å². The smallest absolute Gasteiger partial charge is 0.260 e. The van der Waals surface area contributed by atoms with Crippen LogP contribution in [0.5, 0.6) is 5.75 Å². The van der Waals surface area contributed by atoms with E-state index in [2.05, 4.69) is 15.6 Å². The number of halogens is 3. The number of carbonyl (C=O) groups is 2. The normalized spacial score (nSPS) is 16.2. The highest BCUT2D eigenvalue weighted by atomic mass is 35.5. The van der Waals surface area contributed by atoms with Crippen LogP contribution in [-0.4, -0.2) is 29.2 Å². The molecule has 4 N–H and O–H groups in total. The van der Waals surface area contributed by atoms with Crippen LogP contribution in [0.15, 0.2) is 83.0 Å². The first-order valence-electron chi connectivity index (χ1n) is 10.5. The Balaban J connectivity index is 1.67. The molecule has 7 nitrogen and oxygen atoms in total. The topological polar surface area (TPSA) is 106 Å². The number of hydrogen-bond donors (Lipinski definition) is 3. The number of aliphatic imine (C=N–C) groups is 1. The fourth-order valence-electron chi connectivity index (χ4n) is 3.31. The van der Waals surface area contributed by atoms with Crippen molar-refractivity contribution in [1.29, 1.82) is 0 Å². The largest absolute Gasteiger partial charge is 0.497 e. The Hall–Kier alpha value is -3.17. The lowest BCUT2D eigenvalue weighted by Crippen LogP contribution is -2.29. The van der Waals surface area contributed by atoms with Crippen LogP contribution in [0.1, 0.15) is 0 Å². The number of anilines is 2. The number of thioether (sulfide) groups is 1. The van der Waals surface area contributed by atoms with E-state index < -0.39 is 17.1 Å². The summed E-state index contributed by atoms with van der Waals surface area (Å²) in [5, 5.41) is 6.13. The molecule has 0 aliphatic carbocycles. The Labute approximate surface area is 226 Å². The monoisotopic (exact) mass is 560 g/mol. The van der Waals surface area contributed by atoms with Gasteiger partial charge in [0.05, 0.1) is 29.1 Å². The standard InChI is InChI=1S/C25H19Cl3N4O3S/c1-35-17-4-2-3-16(12-17)30-23(33)20-21(29)22(24(34)32-19-11-14(27)7-10-18(19)28)36-25(20)31-15-8-5-13(26)6-9-15/h2-12,22H,29H2,1H3,(H,30,33)(H,32,34)/t22-/m1/s1. The Morgan fingerprint density at radius 3 is 2.42 bits per heavy atom. The molecule has 0 fully saturated rings. The van der Waals surface area contributed by atoms with Gasteiger partial charge in [-0.3, -0.25) is 9.59 Å². The maximum Gasteiger partial charge on any atom is 0.260 e. The zero-order valence-corrected chi connectivity index (χ0v) is 21.8. The number of nitrogens with zero attached hydrogens (tertiary/aromatic N) is 1. The Morgan fingerprint density at radius 1 is 0.972 bits per heavy atom. The minimum Gasteiger partial charge on any atom is -0.497 e. The first-order chi connectivity index (χ1) is 17.2. The third-order valence-corrected chi connectivity index (χ3v) is 7.09. The molecule has 0 unspecified atom stereocenters. The van der Waals surface area contributed by atoms with Gasteiger partial charge in [-0.15, -0.1) is 0 Å². The molecule has 1 aliphatic heterocycles. The number of nitrogens with two attached hydrogens (primary N) is 1. The second-order valence-corrected chi connectivity index (χ2v) is 9.89. The van der Waals surface area contributed by atoms with Gasteiger partial charge in [-0.05, 0) is 54.6 Å². The first kappa shape index (κ1) is 25.9. The van der Waals surface area contributed by atoms with E-state index in [0.29, 0.717) is 37.9 Å². The molecule has 11 heteroatoms. The lowest BCUT2D eigenvalue weighted by Gasteiger charge is -2.13. The van der Waals surface area contributed by atoms with Gasteiger partial charge in [0.25, 0.3) is 5.91 Å². The molecule has 0 radical (unpaired) electrons. The molecule has 0 saturated heterocycles. The number of hydrogen-bond acceptors (Lipinski definition) is 6. The van der Waals surface area contributed by atoms with Crippen molar-refractivity contribution in [2.75, 3.05) is 17.7 Å². The maximum absolute atomic E-state index is 13.3. The highest BCUT2D eigenvalue weighted by Crippen LogP contribution is 2.37. The molecule has 1 aliphatic rings. The van der Waals surface area contributed by atoms with Crippen LogP contribution in [0.4, 0.5) is 17.1 Å². The first-order valence-corrected chi connectivity index (χ1v) is 12.5. The van der Waals surface area contributed by atoms with Crippen molar-refractivity contribution in [2.45, 2.75) is 5.25 Å². The quantitative estimate of drug-likeness (QED) is 0.328. The van der Waals surface area contributed by atoms with Crippen molar-refractivity contribution >= 4 is 80.5 Å². The number of nitrogens with one attached hydrogen (secondary N) is 2. The van der Waals surface area contributed by atoms with Crippen LogP contribution in [-0.2, 0) is 9.59 Å². The molecule has 4 rings (SSSR count). The summed E-state index contributed by atoms with van der Waals surface area (Å²) in [6, 6.07) is 18.3. The van der Waals surface area contributed by atoms with E-state index >= 15 is 0 Å². The zero-order chi connectivity index (χ0) is 25.8.